The van der Waals surface area contributed by atoms with Crippen molar-refractivity contribution < 1.29 is 9.90 Å². The summed E-state index contributed by atoms with van der Waals surface area (Å²) in [6, 6.07) is 11.7. The van der Waals surface area contributed by atoms with Crippen molar-refractivity contribution in [3.8, 4) is 5.75 Å². The molecule has 1 amide bonds. The van der Waals surface area contributed by atoms with Crippen molar-refractivity contribution in [1.82, 2.24) is 20.0 Å². The zero-order valence-corrected chi connectivity index (χ0v) is 15.7. The number of aryl methyl sites for hydroxylation is 1. The molecule has 0 saturated carbocycles. The molecule has 0 aliphatic carbocycles. The number of carbonyl (C=O) groups is 1. The second-order valence-electron chi connectivity index (χ2n) is 7.35. The number of nitrogens with one attached hydrogen (secondary N) is 1. The van der Waals surface area contributed by atoms with Crippen molar-refractivity contribution in [2.75, 3.05) is 33.2 Å². The van der Waals surface area contributed by atoms with E-state index < -0.39 is 0 Å². The van der Waals surface area contributed by atoms with Crippen molar-refractivity contribution in [2.45, 2.75) is 13.3 Å². The maximum absolute atomic E-state index is 12.9. The van der Waals surface area contributed by atoms with Crippen LogP contribution < -0.4 is 0 Å². The van der Waals surface area contributed by atoms with Crippen LogP contribution in [-0.4, -0.2) is 64.2 Å². The first kappa shape index (κ1) is 17.5. The van der Waals surface area contributed by atoms with Crippen LogP contribution in [0.1, 0.15) is 27.2 Å². The van der Waals surface area contributed by atoms with Crippen LogP contribution in [-0.2, 0) is 6.42 Å². The van der Waals surface area contributed by atoms with E-state index in [4.69, 9.17) is 0 Å². The van der Waals surface area contributed by atoms with Crippen LogP contribution in [0.3, 0.4) is 0 Å². The predicted octanol–water partition coefficient (Wildman–Crippen LogP) is 2.56. The Morgan fingerprint density at radius 3 is 2.70 bits per heavy atom. The van der Waals surface area contributed by atoms with Crippen molar-refractivity contribution in [2.24, 2.45) is 0 Å². The molecule has 1 saturated heterocycles. The van der Waals surface area contributed by atoms with Gasteiger partial charge in [-0.05, 0) is 25.6 Å². The van der Waals surface area contributed by atoms with E-state index in [1.165, 1.54) is 11.1 Å². The summed E-state index contributed by atoms with van der Waals surface area (Å²) in [4.78, 5) is 16.9. The Bertz CT molecular complexity index is 987. The van der Waals surface area contributed by atoms with E-state index in [2.05, 4.69) is 40.2 Å². The lowest BCUT2D eigenvalue weighted by molar-refractivity contribution is 0.0661. The summed E-state index contributed by atoms with van der Waals surface area (Å²) in [6.45, 7) is 5.11. The quantitative estimate of drug-likeness (QED) is 0.749. The molecular formula is C21H24N4O2. The zero-order chi connectivity index (χ0) is 19.0. The average Bonchev–Trinajstić information content (AvgIpc) is 3.02. The molecule has 0 unspecified atom stereocenters. The van der Waals surface area contributed by atoms with Crippen molar-refractivity contribution in [3.05, 3.63) is 58.8 Å². The minimum atomic E-state index is -0.120. The van der Waals surface area contributed by atoms with Gasteiger partial charge in [0.05, 0.1) is 11.1 Å². The molecule has 27 heavy (non-hydrogen) atoms. The van der Waals surface area contributed by atoms with Gasteiger partial charge in [0.1, 0.15) is 5.75 Å². The molecule has 1 aliphatic heterocycles. The van der Waals surface area contributed by atoms with E-state index >= 15 is 0 Å². The lowest BCUT2D eigenvalue weighted by Gasteiger charge is -2.32. The SMILES string of the molecule is Cc1cccc(Cc2[nH]nc3cc(O)c(C(=O)N4CCN(C)CC4)cc23)c1. The summed E-state index contributed by atoms with van der Waals surface area (Å²) in [5.74, 6) is -0.134. The maximum atomic E-state index is 12.9. The number of aromatic amines is 1. The number of hydrogen-bond acceptors (Lipinski definition) is 4. The molecule has 0 spiro atoms. The predicted molar refractivity (Wildman–Crippen MR) is 105 cm³/mol. The van der Waals surface area contributed by atoms with Gasteiger partial charge in [0.2, 0.25) is 0 Å². The number of benzene rings is 2. The number of aromatic hydroxyl groups is 1. The first-order valence-corrected chi connectivity index (χ1v) is 9.24. The first-order chi connectivity index (χ1) is 13.0. The summed E-state index contributed by atoms with van der Waals surface area (Å²) in [6.07, 6.45) is 0.699. The van der Waals surface area contributed by atoms with Crippen LogP contribution in [0.4, 0.5) is 0 Å². The lowest BCUT2D eigenvalue weighted by atomic mass is 10.0. The van der Waals surface area contributed by atoms with Crippen molar-refractivity contribution in [3.63, 3.8) is 0 Å². The van der Waals surface area contributed by atoms with Gasteiger partial charge < -0.3 is 14.9 Å². The molecule has 1 aliphatic rings. The highest BCUT2D eigenvalue weighted by Crippen LogP contribution is 2.28. The van der Waals surface area contributed by atoms with E-state index in [9.17, 15) is 9.90 Å². The van der Waals surface area contributed by atoms with Gasteiger partial charge in [0.25, 0.3) is 5.91 Å². The topological polar surface area (TPSA) is 72.5 Å². The van der Waals surface area contributed by atoms with E-state index in [-0.39, 0.29) is 11.7 Å². The second-order valence-corrected chi connectivity index (χ2v) is 7.35. The summed E-state index contributed by atoms with van der Waals surface area (Å²) in [7, 11) is 2.05. The Morgan fingerprint density at radius 2 is 1.96 bits per heavy atom. The Kier molecular flexibility index (Phi) is 4.58. The van der Waals surface area contributed by atoms with Gasteiger partial charge in [0.15, 0.2) is 0 Å². The smallest absolute Gasteiger partial charge is 0.257 e. The molecule has 0 atom stereocenters. The van der Waals surface area contributed by atoms with E-state index in [0.29, 0.717) is 30.6 Å². The highest BCUT2D eigenvalue weighted by molar-refractivity contribution is 6.01. The molecule has 2 aromatic carbocycles. The molecule has 6 heteroatoms. The number of likely N-dealkylation sites (N-methyl/N-ethyl adjacent to an activating group) is 1. The Labute approximate surface area is 158 Å². The third-order valence-corrected chi connectivity index (χ3v) is 5.23. The number of rotatable bonds is 3. The number of fused-ring (bicyclic) bond motifs is 1. The molecule has 1 aromatic heterocycles. The third kappa shape index (κ3) is 3.53. The molecular weight excluding hydrogens is 340 g/mol. The fraction of sp³-hybridized carbons (Fsp3) is 0.333. The van der Waals surface area contributed by atoms with Crippen LogP contribution in [0.5, 0.6) is 5.75 Å². The molecule has 1 fully saturated rings. The van der Waals surface area contributed by atoms with Gasteiger partial charge in [-0.2, -0.15) is 5.10 Å². The number of phenols is 1. The van der Waals surface area contributed by atoms with Crippen LogP contribution in [0.15, 0.2) is 36.4 Å². The van der Waals surface area contributed by atoms with Crippen LogP contribution in [0.2, 0.25) is 0 Å². The summed E-state index contributed by atoms with van der Waals surface area (Å²) >= 11 is 0. The molecule has 2 heterocycles. The fourth-order valence-electron chi connectivity index (χ4n) is 3.61. The second kappa shape index (κ2) is 7.04. The molecule has 0 radical (unpaired) electrons. The Balaban J connectivity index is 1.66. The average molecular weight is 364 g/mol. The summed E-state index contributed by atoms with van der Waals surface area (Å²) < 4.78 is 0. The number of phenolic OH excluding ortho intramolecular Hbond substituents is 1. The normalized spacial score (nSPS) is 15.4. The maximum Gasteiger partial charge on any atom is 0.257 e. The molecule has 140 valence electrons. The summed E-state index contributed by atoms with van der Waals surface area (Å²) in [5, 5.41) is 18.6. The van der Waals surface area contributed by atoms with Gasteiger partial charge in [0, 0.05) is 49.7 Å². The molecule has 3 aromatic rings. The van der Waals surface area contributed by atoms with E-state index in [0.717, 1.165) is 24.2 Å². The minimum absolute atomic E-state index is 0.0139. The molecule has 4 rings (SSSR count). The van der Waals surface area contributed by atoms with Crippen LogP contribution in [0, 0.1) is 6.92 Å². The molecule has 0 bridgehead atoms. The number of aromatic nitrogens is 2. The fourth-order valence-corrected chi connectivity index (χ4v) is 3.61. The Morgan fingerprint density at radius 1 is 1.19 bits per heavy atom. The number of H-pyrrole nitrogens is 1. The van der Waals surface area contributed by atoms with Crippen LogP contribution >= 0.6 is 0 Å². The molecule has 6 nitrogen and oxygen atoms in total. The van der Waals surface area contributed by atoms with Crippen molar-refractivity contribution in [1.29, 1.82) is 0 Å². The summed E-state index contributed by atoms with van der Waals surface area (Å²) in [5.41, 5.74) is 4.35. The number of hydrogen-bond donors (Lipinski definition) is 2. The first-order valence-electron chi connectivity index (χ1n) is 9.24. The largest absolute Gasteiger partial charge is 0.507 e. The van der Waals surface area contributed by atoms with E-state index in [1.54, 1.807) is 17.0 Å². The van der Waals surface area contributed by atoms with Gasteiger partial charge in [-0.1, -0.05) is 29.8 Å². The van der Waals surface area contributed by atoms with Gasteiger partial charge >= 0.3 is 0 Å². The third-order valence-electron chi connectivity index (χ3n) is 5.23. The number of amides is 1. The minimum Gasteiger partial charge on any atom is -0.507 e. The zero-order valence-electron chi connectivity index (χ0n) is 15.7. The number of nitrogens with zero attached hydrogens (tertiary/aromatic N) is 3. The Hall–Kier alpha value is -2.86. The van der Waals surface area contributed by atoms with Gasteiger partial charge in [-0.3, -0.25) is 9.89 Å². The highest BCUT2D eigenvalue weighted by atomic mass is 16.3. The van der Waals surface area contributed by atoms with Gasteiger partial charge in [-0.15, -0.1) is 0 Å². The van der Waals surface area contributed by atoms with Gasteiger partial charge in [-0.25, -0.2) is 0 Å². The number of piperazine rings is 1. The standard InChI is InChI=1S/C21H24N4O2/c1-14-4-3-5-15(10-14)11-18-16-12-17(20(26)13-19(16)23-22-18)21(27)25-8-6-24(2)7-9-25/h3-5,10,12-13,26H,6-9,11H2,1-2H3,(H,22,23). The van der Waals surface area contributed by atoms with E-state index in [1.807, 2.05) is 13.1 Å². The lowest BCUT2D eigenvalue weighted by Crippen LogP contribution is -2.47. The van der Waals surface area contributed by atoms with Crippen molar-refractivity contribution >= 4 is 16.8 Å². The highest BCUT2D eigenvalue weighted by Gasteiger charge is 2.24. The number of carbonyl (C=O) groups excluding carboxylic acids is 1. The monoisotopic (exact) mass is 364 g/mol. The van der Waals surface area contributed by atoms with Crippen LogP contribution in [0.25, 0.3) is 10.9 Å². The molecule has 2 N–H and O–H groups in total.